The molecule has 0 spiro atoms. The maximum atomic E-state index is 10.6. The van der Waals surface area contributed by atoms with E-state index in [4.69, 9.17) is 5.73 Å². The quantitative estimate of drug-likeness (QED) is 0.261. The van der Waals surface area contributed by atoms with Gasteiger partial charge in [-0.3, -0.25) is 10.1 Å². The third kappa shape index (κ3) is 4.39. The standard InChI is InChI=1S/C10H14N2O4S/c11-9-5-4-8(7-10(9)12(13)14)3-1-2-6-17(15)16/h4-5,7,17H,1-3,6,11H2. The van der Waals surface area contributed by atoms with Gasteiger partial charge in [-0.1, -0.05) is 6.07 Å². The monoisotopic (exact) mass is 258 g/mol. The Labute approximate surface area is 101 Å². The van der Waals surface area contributed by atoms with Crippen molar-refractivity contribution >= 4 is 22.1 Å². The zero-order valence-electron chi connectivity index (χ0n) is 9.17. The van der Waals surface area contributed by atoms with Crippen molar-refractivity contribution in [2.24, 2.45) is 0 Å². The third-order valence-corrected chi connectivity index (χ3v) is 3.03. The molecule has 6 nitrogen and oxygen atoms in total. The number of aryl methyl sites for hydroxylation is 1. The SMILES string of the molecule is Nc1ccc(CCCC[SH](=O)=O)cc1[N+](=O)[O-]. The molecular formula is C10H14N2O4S. The molecule has 0 amide bonds. The number of benzene rings is 1. The van der Waals surface area contributed by atoms with Gasteiger partial charge in [0.05, 0.1) is 4.92 Å². The number of anilines is 1. The first-order valence-corrected chi connectivity index (χ1v) is 6.51. The fourth-order valence-electron chi connectivity index (χ4n) is 1.47. The van der Waals surface area contributed by atoms with E-state index in [-0.39, 0.29) is 17.1 Å². The lowest BCUT2D eigenvalue weighted by Gasteiger charge is -2.02. The summed E-state index contributed by atoms with van der Waals surface area (Å²) >= 11 is 0. The Bertz CT molecular complexity index is 477. The molecule has 7 heteroatoms. The van der Waals surface area contributed by atoms with Crippen molar-refractivity contribution in [2.75, 3.05) is 11.5 Å². The Balaban J connectivity index is 2.60. The first-order valence-electron chi connectivity index (χ1n) is 5.15. The van der Waals surface area contributed by atoms with Gasteiger partial charge in [-0.25, -0.2) is 8.42 Å². The van der Waals surface area contributed by atoms with Crippen LogP contribution in [0.5, 0.6) is 0 Å². The lowest BCUT2D eigenvalue weighted by molar-refractivity contribution is -0.384. The average molecular weight is 258 g/mol. The molecule has 0 saturated carbocycles. The van der Waals surface area contributed by atoms with Gasteiger partial charge < -0.3 is 5.73 Å². The van der Waals surface area contributed by atoms with E-state index in [1.165, 1.54) is 12.1 Å². The average Bonchev–Trinajstić information content (AvgIpc) is 2.25. The maximum Gasteiger partial charge on any atom is 0.292 e. The number of thiol groups is 1. The number of rotatable bonds is 6. The fraction of sp³-hybridized carbons (Fsp3) is 0.400. The van der Waals surface area contributed by atoms with Crippen LogP contribution in [-0.2, 0) is 17.1 Å². The van der Waals surface area contributed by atoms with Gasteiger partial charge in [-0.15, -0.1) is 0 Å². The number of nitro benzene ring substituents is 1. The van der Waals surface area contributed by atoms with Gasteiger partial charge in [0.2, 0.25) is 0 Å². The Hall–Kier alpha value is -1.63. The molecule has 0 atom stereocenters. The van der Waals surface area contributed by atoms with Gasteiger partial charge in [0.25, 0.3) is 5.69 Å². The number of nitrogens with two attached hydrogens (primary N) is 1. The Morgan fingerprint density at radius 1 is 1.29 bits per heavy atom. The van der Waals surface area contributed by atoms with Gasteiger partial charge in [0, 0.05) is 11.8 Å². The van der Waals surface area contributed by atoms with Crippen LogP contribution in [0.3, 0.4) is 0 Å². The number of hydrogen-bond donors (Lipinski definition) is 2. The molecule has 0 radical (unpaired) electrons. The summed E-state index contributed by atoms with van der Waals surface area (Å²) in [6, 6.07) is 4.66. The summed E-state index contributed by atoms with van der Waals surface area (Å²) in [7, 11) is -2.33. The molecule has 1 aromatic rings. The Kier molecular flexibility index (Phi) is 4.89. The van der Waals surface area contributed by atoms with Crippen LogP contribution < -0.4 is 5.73 Å². The number of nitrogens with zero attached hydrogens (tertiary/aromatic N) is 1. The van der Waals surface area contributed by atoms with Gasteiger partial charge in [0.1, 0.15) is 16.4 Å². The minimum absolute atomic E-state index is 0.0996. The first-order chi connectivity index (χ1) is 8.00. The van der Waals surface area contributed by atoms with Crippen molar-refractivity contribution in [1.29, 1.82) is 0 Å². The second-order valence-electron chi connectivity index (χ2n) is 3.66. The largest absolute Gasteiger partial charge is 0.393 e. The molecule has 0 aliphatic heterocycles. The van der Waals surface area contributed by atoms with E-state index in [1.807, 2.05) is 0 Å². The zero-order valence-corrected chi connectivity index (χ0v) is 10.1. The number of hydrogen-bond acceptors (Lipinski definition) is 5. The minimum atomic E-state index is -2.33. The van der Waals surface area contributed by atoms with Crippen LogP contribution in [0.4, 0.5) is 11.4 Å². The molecule has 0 fully saturated rings. The predicted octanol–water partition coefficient (Wildman–Crippen LogP) is 1.11. The smallest absolute Gasteiger partial charge is 0.292 e. The lowest BCUT2D eigenvalue weighted by Crippen LogP contribution is -1.97. The molecular weight excluding hydrogens is 244 g/mol. The molecule has 0 unspecified atom stereocenters. The van der Waals surface area contributed by atoms with Crippen LogP contribution in [0.1, 0.15) is 18.4 Å². The second kappa shape index (κ2) is 6.19. The summed E-state index contributed by atoms with van der Waals surface area (Å²) < 4.78 is 20.7. The molecule has 0 saturated heterocycles. The molecule has 94 valence electrons. The van der Waals surface area contributed by atoms with Crippen molar-refractivity contribution in [3.05, 3.63) is 33.9 Å². The van der Waals surface area contributed by atoms with Gasteiger partial charge in [-0.2, -0.15) is 0 Å². The normalized spacial score (nSPS) is 10.6. The number of nitrogen functional groups attached to an aromatic ring is 1. The van der Waals surface area contributed by atoms with Gasteiger partial charge in [-0.05, 0) is 30.9 Å². The molecule has 1 aromatic carbocycles. The number of nitro groups is 1. The van der Waals surface area contributed by atoms with E-state index in [0.717, 1.165) is 5.56 Å². The van der Waals surface area contributed by atoms with Crippen molar-refractivity contribution < 1.29 is 13.3 Å². The highest BCUT2D eigenvalue weighted by molar-refractivity contribution is 7.72. The molecule has 0 aromatic heterocycles. The summed E-state index contributed by atoms with van der Waals surface area (Å²) in [6.45, 7) is 0. The molecule has 1 rings (SSSR count). The van der Waals surface area contributed by atoms with Crippen LogP contribution in [0, 0.1) is 10.1 Å². The van der Waals surface area contributed by atoms with Gasteiger partial charge >= 0.3 is 0 Å². The highest BCUT2D eigenvalue weighted by atomic mass is 32.2. The lowest BCUT2D eigenvalue weighted by atomic mass is 10.1. The van der Waals surface area contributed by atoms with E-state index in [9.17, 15) is 18.5 Å². The van der Waals surface area contributed by atoms with Crippen molar-refractivity contribution in [3.63, 3.8) is 0 Å². The van der Waals surface area contributed by atoms with E-state index in [0.29, 0.717) is 19.3 Å². The van der Waals surface area contributed by atoms with E-state index < -0.39 is 15.6 Å². The Morgan fingerprint density at radius 3 is 2.59 bits per heavy atom. The molecule has 17 heavy (non-hydrogen) atoms. The molecule has 0 heterocycles. The maximum absolute atomic E-state index is 10.6. The minimum Gasteiger partial charge on any atom is -0.393 e. The van der Waals surface area contributed by atoms with Gasteiger partial charge in [0.15, 0.2) is 0 Å². The molecule has 0 bridgehead atoms. The van der Waals surface area contributed by atoms with E-state index in [1.54, 1.807) is 6.07 Å². The molecule has 0 aliphatic rings. The van der Waals surface area contributed by atoms with Crippen molar-refractivity contribution in [2.45, 2.75) is 19.3 Å². The van der Waals surface area contributed by atoms with Crippen LogP contribution in [-0.4, -0.2) is 19.1 Å². The highest BCUT2D eigenvalue weighted by Crippen LogP contribution is 2.23. The fourth-order valence-corrected chi connectivity index (χ4v) is 1.95. The topological polar surface area (TPSA) is 103 Å². The second-order valence-corrected chi connectivity index (χ2v) is 4.78. The zero-order chi connectivity index (χ0) is 12.8. The number of unbranched alkanes of at least 4 members (excludes halogenated alkanes) is 1. The predicted molar refractivity (Wildman–Crippen MR) is 65.6 cm³/mol. The van der Waals surface area contributed by atoms with Crippen LogP contribution >= 0.6 is 0 Å². The molecule has 0 aliphatic carbocycles. The van der Waals surface area contributed by atoms with Crippen molar-refractivity contribution in [1.82, 2.24) is 0 Å². The van der Waals surface area contributed by atoms with E-state index in [2.05, 4.69) is 0 Å². The summed E-state index contributed by atoms with van der Waals surface area (Å²) in [6.07, 6.45) is 1.87. The first kappa shape index (κ1) is 13.4. The van der Waals surface area contributed by atoms with Crippen LogP contribution in [0.15, 0.2) is 18.2 Å². The van der Waals surface area contributed by atoms with Crippen LogP contribution in [0.2, 0.25) is 0 Å². The van der Waals surface area contributed by atoms with Crippen molar-refractivity contribution in [3.8, 4) is 0 Å². The van der Waals surface area contributed by atoms with Crippen LogP contribution in [0.25, 0.3) is 0 Å². The van der Waals surface area contributed by atoms with E-state index >= 15 is 0 Å². The molecule has 2 N–H and O–H groups in total. The third-order valence-electron chi connectivity index (χ3n) is 2.35. The summed E-state index contributed by atoms with van der Waals surface area (Å²) in [5.41, 5.74) is 6.30. The Morgan fingerprint density at radius 2 is 2.00 bits per heavy atom. The summed E-state index contributed by atoms with van der Waals surface area (Å²) in [4.78, 5) is 10.1. The summed E-state index contributed by atoms with van der Waals surface area (Å²) in [5.74, 6) is 0.159. The summed E-state index contributed by atoms with van der Waals surface area (Å²) in [5, 5.41) is 10.6. The highest BCUT2D eigenvalue weighted by Gasteiger charge is 2.11.